The Morgan fingerprint density at radius 2 is 2.13 bits per heavy atom. The molecule has 78 valence electrons. The molecule has 0 atom stereocenters. The number of H-pyrrole nitrogens is 1. The first kappa shape index (κ1) is 9.64. The molecule has 0 unspecified atom stereocenters. The van der Waals surface area contributed by atoms with Gasteiger partial charge in [0, 0.05) is 0 Å². The van der Waals surface area contributed by atoms with Crippen LogP contribution in [-0.4, -0.2) is 14.8 Å². The van der Waals surface area contributed by atoms with Crippen LogP contribution in [0.3, 0.4) is 0 Å². The third-order valence-electron chi connectivity index (χ3n) is 2.24. The number of hydrogen-bond donors (Lipinski definition) is 1. The minimum atomic E-state index is -0.321. The van der Waals surface area contributed by atoms with Gasteiger partial charge >= 0.3 is 5.69 Å². The van der Waals surface area contributed by atoms with Crippen LogP contribution >= 0.6 is 0 Å². The van der Waals surface area contributed by atoms with Gasteiger partial charge in [-0.2, -0.15) is 5.10 Å². The third-order valence-corrected chi connectivity index (χ3v) is 2.24. The summed E-state index contributed by atoms with van der Waals surface area (Å²) in [5, 5.41) is 6.11. The highest BCUT2D eigenvalue weighted by Crippen LogP contribution is 2.12. The van der Waals surface area contributed by atoms with E-state index in [0.717, 1.165) is 0 Å². The highest BCUT2D eigenvalue weighted by Gasteiger charge is 2.07. The lowest BCUT2D eigenvalue weighted by Crippen LogP contribution is -2.16. The Balaban J connectivity index is 2.65. The summed E-state index contributed by atoms with van der Waals surface area (Å²) in [5.41, 5.74) is 0.795. The van der Waals surface area contributed by atoms with Crippen LogP contribution in [0.4, 0.5) is 4.39 Å². The van der Waals surface area contributed by atoms with E-state index in [-0.39, 0.29) is 11.5 Å². The van der Waals surface area contributed by atoms with E-state index in [2.05, 4.69) is 10.2 Å². The largest absolute Gasteiger partial charge is 0.347 e. The standard InChI is InChI=1S/C10H10FN3O/c1-6-5-8(3-4-9(6)11)14-7(2)12-13-10(14)15/h3-5H,1-2H3,(H,13,15). The van der Waals surface area contributed by atoms with E-state index in [0.29, 0.717) is 17.1 Å². The van der Waals surface area contributed by atoms with Gasteiger partial charge in [-0.1, -0.05) is 0 Å². The Hall–Kier alpha value is -1.91. The normalized spacial score (nSPS) is 10.6. The molecule has 5 heteroatoms. The number of aromatic amines is 1. The first-order valence-corrected chi connectivity index (χ1v) is 4.50. The summed E-state index contributed by atoms with van der Waals surface area (Å²) in [6, 6.07) is 4.50. The SMILES string of the molecule is Cc1cc(-n2c(C)n[nH]c2=O)ccc1F. The first-order chi connectivity index (χ1) is 7.09. The van der Waals surface area contributed by atoms with Crippen LogP contribution in [0.25, 0.3) is 5.69 Å². The number of nitrogens with one attached hydrogen (secondary N) is 1. The molecule has 2 rings (SSSR count). The number of nitrogens with zero attached hydrogens (tertiary/aromatic N) is 2. The Bertz CT molecular complexity index is 556. The number of benzene rings is 1. The lowest BCUT2D eigenvalue weighted by Gasteiger charge is -2.04. The van der Waals surface area contributed by atoms with Gasteiger partial charge in [-0.05, 0) is 37.6 Å². The average molecular weight is 207 g/mol. The van der Waals surface area contributed by atoms with Crippen molar-refractivity contribution in [2.24, 2.45) is 0 Å². The monoisotopic (exact) mass is 207 g/mol. The van der Waals surface area contributed by atoms with Crippen molar-refractivity contribution in [3.63, 3.8) is 0 Å². The lowest BCUT2D eigenvalue weighted by atomic mass is 10.2. The molecule has 0 saturated heterocycles. The minimum absolute atomic E-state index is 0.284. The number of aromatic nitrogens is 3. The summed E-state index contributed by atoms with van der Waals surface area (Å²) < 4.78 is 14.4. The Morgan fingerprint density at radius 3 is 2.67 bits per heavy atom. The first-order valence-electron chi connectivity index (χ1n) is 4.50. The van der Waals surface area contributed by atoms with Crippen molar-refractivity contribution in [1.29, 1.82) is 0 Å². The van der Waals surface area contributed by atoms with Crippen LogP contribution in [0.15, 0.2) is 23.0 Å². The molecule has 0 saturated carbocycles. The van der Waals surface area contributed by atoms with Gasteiger partial charge in [-0.15, -0.1) is 0 Å². The van der Waals surface area contributed by atoms with E-state index in [1.807, 2.05) is 0 Å². The molecule has 0 aliphatic heterocycles. The quantitative estimate of drug-likeness (QED) is 0.766. The van der Waals surface area contributed by atoms with E-state index < -0.39 is 0 Å². The fourth-order valence-corrected chi connectivity index (χ4v) is 1.45. The van der Waals surface area contributed by atoms with Crippen molar-refractivity contribution in [2.45, 2.75) is 13.8 Å². The molecule has 1 heterocycles. The smallest absolute Gasteiger partial charge is 0.247 e. The maximum atomic E-state index is 13.0. The van der Waals surface area contributed by atoms with Crippen LogP contribution in [0.2, 0.25) is 0 Å². The van der Waals surface area contributed by atoms with Gasteiger partial charge < -0.3 is 0 Å². The van der Waals surface area contributed by atoms with Crippen LogP contribution in [-0.2, 0) is 0 Å². The van der Waals surface area contributed by atoms with E-state index >= 15 is 0 Å². The molecule has 2 aromatic rings. The van der Waals surface area contributed by atoms with E-state index in [1.54, 1.807) is 26.0 Å². The van der Waals surface area contributed by atoms with Gasteiger partial charge in [0.2, 0.25) is 0 Å². The molecule has 0 amide bonds. The summed E-state index contributed by atoms with van der Waals surface area (Å²) in [6.07, 6.45) is 0. The number of halogens is 1. The van der Waals surface area contributed by atoms with Crippen molar-refractivity contribution >= 4 is 0 Å². The van der Waals surface area contributed by atoms with Gasteiger partial charge in [0.25, 0.3) is 0 Å². The number of hydrogen-bond acceptors (Lipinski definition) is 2. The summed E-state index contributed by atoms with van der Waals surface area (Å²) >= 11 is 0. The number of aryl methyl sites for hydroxylation is 2. The molecule has 0 fully saturated rings. The van der Waals surface area contributed by atoms with Crippen LogP contribution in [0, 0.1) is 19.7 Å². The van der Waals surface area contributed by atoms with Crippen molar-refractivity contribution in [3.05, 3.63) is 45.9 Å². The zero-order chi connectivity index (χ0) is 11.0. The van der Waals surface area contributed by atoms with E-state index in [4.69, 9.17) is 0 Å². The summed E-state index contributed by atoms with van der Waals surface area (Å²) in [7, 11) is 0. The van der Waals surface area contributed by atoms with Crippen LogP contribution in [0.5, 0.6) is 0 Å². The zero-order valence-corrected chi connectivity index (χ0v) is 8.41. The fourth-order valence-electron chi connectivity index (χ4n) is 1.45. The topological polar surface area (TPSA) is 50.7 Å². The van der Waals surface area contributed by atoms with Crippen molar-refractivity contribution in [3.8, 4) is 5.69 Å². The average Bonchev–Trinajstić information content (AvgIpc) is 2.52. The lowest BCUT2D eigenvalue weighted by molar-refractivity contribution is 0.618. The minimum Gasteiger partial charge on any atom is -0.247 e. The van der Waals surface area contributed by atoms with Crippen molar-refractivity contribution < 1.29 is 4.39 Å². The molecule has 0 aliphatic rings. The number of rotatable bonds is 1. The van der Waals surface area contributed by atoms with Gasteiger partial charge in [0.05, 0.1) is 5.69 Å². The van der Waals surface area contributed by atoms with Crippen LogP contribution < -0.4 is 5.69 Å². The zero-order valence-electron chi connectivity index (χ0n) is 8.41. The van der Waals surface area contributed by atoms with Crippen molar-refractivity contribution in [2.75, 3.05) is 0 Å². The fraction of sp³-hybridized carbons (Fsp3) is 0.200. The molecular weight excluding hydrogens is 197 g/mol. The molecule has 1 N–H and O–H groups in total. The summed E-state index contributed by atoms with van der Waals surface area (Å²) in [5.74, 6) is 0.263. The molecular formula is C10H10FN3O. The van der Waals surface area contributed by atoms with Gasteiger partial charge in [0.15, 0.2) is 0 Å². The Morgan fingerprint density at radius 1 is 1.40 bits per heavy atom. The molecule has 1 aromatic heterocycles. The van der Waals surface area contributed by atoms with Gasteiger partial charge in [0.1, 0.15) is 11.6 Å². The van der Waals surface area contributed by atoms with Gasteiger partial charge in [-0.3, -0.25) is 0 Å². The molecule has 15 heavy (non-hydrogen) atoms. The second-order valence-electron chi connectivity index (χ2n) is 3.34. The molecule has 0 radical (unpaired) electrons. The van der Waals surface area contributed by atoms with E-state index in [9.17, 15) is 9.18 Å². The molecule has 1 aromatic carbocycles. The molecule has 4 nitrogen and oxygen atoms in total. The molecule has 0 aliphatic carbocycles. The summed E-state index contributed by atoms with van der Waals surface area (Å²) in [6.45, 7) is 3.36. The Labute approximate surface area is 85.4 Å². The van der Waals surface area contributed by atoms with Gasteiger partial charge in [-0.25, -0.2) is 18.9 Å². The second kappa shape index (κ2) is 3.34. The highest BCUT2D eigenvalue weighted by molar-refractivity contribution is 5.36. The predicted octanol–water partition coefficient (Wildman–Crippen LogP) is 1.32. The molecule has 0 spiro atoms. The maximum Gasteiger partial charge on any atom is 0.347 e. The molecule has 0 bridgehead atoms. The second-order valence-corrected chi connectivity index (χ2v) is 3.34. The van der Waals surface area contributed by atoms with E-state index in [1.165, 1.54) is 10.6 Å². The summed E-state index contributed by atoms with van der Waals surface area (Å²) in [4.78, 5) is 11.4. The maximum absolute atomic E-state index is 13.0. The third kappa shape index (κ3) is 1.56. The van der Waals surface area contributed by atoms with Crippen LogP contribution in [0.1, 0.15) is 11.4 Å². The predicted molar refractivity (Wildman–Crippen MR) is 53.6 cm³/mol. The van der Waals surface area contributed by atoms with Crippen molar-refractivity contribution in [1.82, 2.24) is 14.8 Å². The highest BCUT2D eigenvalue weighted by atomic mass is 19.1. The Kier molecular flexibility index (Phi) is 2.15.